The van der Waals surface area contributed by atoms with E-state index in [9.17, 15) is 5.11 Å². The van der Waals surface area contributed by atoms with E-state index in [1.165, 1.54) is 0 Å². The van der Waals surface area contributed by atoms with Gasteiger partial charge in [-0.25, -0.2) is 4.98 Å². The molecule has 4 heteroatoms. The van der Waals surface area contributed by atoms with Gasteiger partial charge in [-0.1, -0.05) is 24.3 Å². The van der Waals surface area contributed by atoms with Gasteiger partial charge in [0.05, 0.1) is 6.61 Å². The minimum absolute atomic E-state index is 0.00783. The van der Waals surface area contributed by atoms with Crippen molar-refractivity contribution in [3.05, 3.63) is 36.0 Å². The Morgan fingerprint density at radius 2 is 1.85 bits per heavy atom. The second-order valence-corrected chi connectivity index (χ2v) is 5.18. The molecule has 0 bridgehead atoms. The smallest absolute Gasteiger partial charge is 0.136 e. The molecule has 20 heavy (non-hydrogen) atoms. The van der Waals surface area contributed by atoms with Crippen LogP contribution in [0.25, 0.3) is 10.8 Å². The van der Waals surface area contributed by atoms with E-state index in [0.717, 1.165) is 35.1 Å². The summed E-state index contributed by atoms with van der Waals surface area (Å²) in [5.41, 5.74) is 0.843. The first kappa shape index (κ1) is 14.8. The Bertz CT molecular complexity index is 569. The van der Waals surface area contributed by atoms with E-state index in [0.29, 0.717) is 6.04 Å². The molecule has 0 saturated heterocycles. The highest BCUT2D eigenvalue weighted by atomic mass is 16.3. The van der Waals surface area contributed by atoms with Crippen molar-refractivity contribution in [2.24, 2.45) is 0 Å². The third-order valence-corrected chi connectivity index (χ3v) is 3.48. The van der Waals surface area contributed by atoms with Crippen LogP contribution in [-0.2, 0) is 6.61 Å². The Morgan fingerprint density at radius 3 is 2.45 bits per heavy atom. The number of aliphatic hydroxyl groups excluding tert-OH is 2. The van der Waals surface area contributed by atoms with Crippen molar-refractivity contribution in [1.82, 2.24) is 4.98 Å². The van der Waals surface area contributed by atoms with E-state index in [-0.39, 0.29) is 13.2 Å². The molecule has 0 radical (unpaired) electrons. The van der Waals surface area contributed by atoms with Crippen molar-refractivity contribution < 1.29 is 10.2 Å². The van der Waals surface area contributed by atoms with Crippen molar-refractivity contribution in [2.75, 3.05) is 18.1 Å². The fourth-order valence-electron chi connectivity index (χ4n) is 2.44. The molecule has 0 aliphatic heterocycles. The summed E-state index contributed by atoms with van der Waals surface area (Å²) < 4.78 is 0. The maximum absolute atomic E-state index is 9.43. The fourth-order valence-corrected chi connectivity index (χ4v) is 2.44. The normalized spacial score (nSPS) is 11.2. The zero-order valence-electron chi connectivity index (χ0n) is 12.1. The van der Waals surface area contributed by atoms with Crippen LogP contribution in [0.2, 0.25) is 0 Å². The average molecular weight is 274 g/mol. The number of pyridine rings is 1. The fraction of sp³-hybridized carbons (Fsp3) is 0.438. The van der Waals surface area contributed by atoms with Crippen LogP contribution in [0.5, 0.6) is 0 Å². The zero-order valence-corrected chi connectivity index (χ0v) is 12.1. The SMILES string of the molecule is CC(C)N(CCCO)c1ncc(CO)c2ccccc12. The van der Waals surface area contributed by atoms with Gasteiger partial charge in [-0.3, -0.25) is 0 Å². The summed E-state index contributed by atoms with van der Waals surface area (Å²) in [6.07, 6.45) is 2.46. The summed E-state index contributed by atoms with van der Waals surface area (Å²) in [5, 5.41) is 20.6. The summed E-state index contributed by atoms with van der Waals surface area (Å²) in [6, 6.07) is 8.30. The molecule has 2 rings (SSSR count). The van der Waals surface area contributed by atoms with Crippen LogP contribution in [-0.4, -0.2) is 34.4 Å². The van der Waals surface area contributed by atoms with Crippen molar-refractivity contribution in [2.45, 2.75) is 32.9 Å². The lowest BCUT2D eigenvalue weighted by Gasteiger charge is -2.29. The van der Waals surface area contributed by atoms with E-state index >= 15 is 0 Å². The summed E-state index contributed by atoms with van der Waals surface area (Å²) in [7, 11) is 0. The molecule has 0 spiro atoms. The summed E-state index contributed by atoms with van der Waals surface area (Å²) >= 11 is 0. The van der Waals surface area contributed by atoms with E-state index in [1.807, 2.05) is 24.3 Å². The van der Waals surface area contributed by atoms with Gasteiger partial charge >= 0.3 is 0 Å². The highest BCUT2D eigenvalue weighted by Gasteiger charge is 2.15. The molecule has 1 aromatic heterocycles. The molecule has 1 heterocycles. The highest BCUT2D eigenvalue weighted by molar-refractivity contribution is 5.94. The maximum Gasteiger partial charge on any atom is 0.136 e. The minimum Gasteiger partial charge on any atom is -0.396 e. The third kappa shape index (κ3) is 2.92. The average Bonchev–Trinajstić information content (AvgIpc) is 2.47. The van der Waals surface area contributed by atoms with Gasteiger partial charge in [0.1, 0.15) is 5.82 Å². The van der Waals surface area contributed by atoms with Gasteiger partial charge in [-0.15, -0.1) is 0 Å². The molecule has 0 saturated carbocycles. The predicted octanol–water partition coefficient (Wildman–Crippen LogP) is 2.32. The molecule has 0 aliphatic carbocycles. The Morgan fingerprint density at radius 1 is 1.15 bits per heavy atom. The lowest BCUT2D eigenvalue weighted by Crippen LogP contribution is -2.33. The van der Waals surface area contributed by atoms with Crippen LogP contribution in [0.15, 0.2) is 30.5 Å². The number of hydrogen-bond donors (Lipinski definition) is 2. The number of anilines is 1. The number of rotatable bonds is 6. The number of benzene rings is 1. The highest BCUT2D eigenvalue weighted by Crippen LogP contribution is 2.28. The predicted molar refractivity (Wildman–Crippen MR) is 81.9 cm³/mol. The summed E-state index contributed by atoms with van der Waals surface area (Å²) in [5.74, 6) is 0.918. The van der Waals surface area contributed by atoms with Crippen LogP contribution >= 0.6 is 0 Å². The van der Waals surface area contributed by atoms with E-state index < -0.39 is 0 Å². The number of nitrogens with zero attached hydrogens (tertiary/aromatic N) is 2. The zero-order chi connectivity index (χ0) is 14.5. The van der Waals surface area contributed by atoms with Crippen LogP contribution in [0.4, 0.5) is 5.82 Å². The van der Waals surface area contributed by atoms with Crippen molar-refractivity contribution >= 4 is 16.6 Å². The van der Waals surface area contributed by atoms with E-state index in [4.69, 9.17) is 5.11 Å². The molecular formula is C16H22N2O2. The quantitative estimate of drug-likeness (QED) is 0.849. The Balaban J connectivity index is 2.52. The van der Waals surface area contributed by atoms with Crippen LogP contribution in [0, 0.1) is 0 Å². The molecule has 108 valence electrons. The van der Waals surface area contributed by atoms with Crippen molar-refractivity contribution in [3.8, 4) is 0 Å². The van der Waals surface area contributed by atoms with Gasteiger partial charge in [0.15, 0.2) is 0 Å². The molecule has 0 fully saturated rings. The van der Waals surface area contributed by atoms with Gasteiger partial charge < -0.3 is 15.1 Å². The largest absolute Gasteiger partial charge is 0.396 e. The van der Waals surface area contributed by atoms with Gasteiger partial charge in [0.2, 0.25) is 0 Å². The maximum atomic E-state index is 9.43. The molecule has 0 aliphatic rings. The summed E-state index contributed by atoms with van der Waals surface area (Å²) in [6.45, 7) is 5.17. The minimum atomic E-state index is -0.00783. The second kappa shape index (κ2) is 6.68. The third-order valence-electron chi connectivity index (χ3n) is 3.48. The lowest BCUT2D eigenvalue weighted by molar-refractivity contribution is 0.283. The molecule has 4 nitrogen and oxygen atoms in total. The monoisotopic (exact) mass is 274 g/mol. The second-order valence-electron chi connectivity index (χ2n) is 5.18. The van der Waals surface area contributed by atoms with Crippen LogP contribution in [0.3, 0.4) is 0 Å². The van der Waals surface area contributed by atoms with Gasteiger partial charge in [-0.2, -0.15) is 0 Å². The first-order chi connectivity index (χ1) is 9.69. The molecular weight excluding hydrogens is 252 g/mol. The Kier molecular flexibility index (Phi) is 4.93. The molecule has 2 N–H and O–H groups in total. The topological polar surface area (TPSA) is 56.6 Å². The lowest BCUT2D eigenvalue weighted by atomic mass is 10.1. The standard InChI is InChI=1S/C16H22N2O2/c1-12(2)18(8-5-9-19)16-15-7-4-3-6-14(15)13(11-20)10-17-16/h3-4,6-7,10,12,19-20H,5,8-9,11H2,1-2H3. The molecule has 1 aromatic carbocycles. The molecule has 2 aromatic rings. The number of hydrogen-bond acceptors (Lipinski definition) is 4. The van der Waals surface area contributed by atoms with Gasteiger partial charge in [0.25, 0.3) is 0 Å². The number of fused-ring (bicyclic) bond motifs is 1. The van der Waals surface area contributed by atoms with E-state index in [1.54, 1.807) is 6.20 Å². The first-order valence-electron chi connectivity index (χ1n) is 7.04. The number of aliphatic hydroxyl groups is 2. The Hall–Kier alpha value is -1.65. The summed E-state index contributed by atoms with van der Waals surface area (Å²) in [4.78, 5) is 6.73. The van der Waals surface area contributed by atoms with Gasteiger partial charge in [0, 0.05) is 36.3 Å². The Labute approximate surface area is 119 Å². The van der Waals surface area contributed by atoms with Crippen LogP contribution < -0.4 is 4.90 Å². The van der Waals surface area contributed by atoms with Gasteiger partial charge in [-0.05, 0) is 25.7 Å². The molecule has 0 amide bonds. The number of aromatic nitrogens is 1. The van der Waals surface area contributed by atoms with Crippen molar-refractivity contribution in [3.63, 3.8) is 0 Å². The molecule has 0 unspecified atom stereocenters. The van der Waals surface area contributed by atoms with Crippen LogP contribution in [0.1, 0.15) is 25.8 Å². The van der Waals surface area contributed by atoms with Crippen molar-refractivity contribution in [1.29, 1.82) is 0 Å². The molecule has 0 atom stereocenters. The van der Waals surface area contributed by atoms with E-state index in [2.05, 4.69) is 23.7 Å². The first-order valence-corrected chi connectivity index (χ1v) is 7.04.